The van der Waals surface area contributed by atoms with E-state index in [0.29, 0.717) is 32.2 Å². The lowest BCUT2D eigenvalue weighted by atomic mass is 10.3. The van der Waals surface area contributed by atoms with Crippen LogP contribution in [0, 0.1) is 13.8 Å². The fourth-order valence-electron chi connectivity index (χ4n) is 2.30. The number of rotatable bonds is 9. The molecule has 2 heterocycles. The topological polar surface area (TPSA) is 80.7 Å². The van der Waals surface area contributed by atoms with Gasteiger partial charge in [-0.2, -0.15) is 0 Å². The van der Waals surface area contributed by atoms with Crippen LogP contribution in [0.25, 0.3) is 0 Å². The van der Waals surface area contributed by atoms with Gasteiger partial charge in [-0.1, -0.05) is 6.07 Å². The van der Waals surface area contributed by atoms with Crippen molar-refractivity contribution in [2.45, 2.75) is 33.9 Å². The zero-order valence-corrected chi connectivity index (χ0v) is 19.4. The Morgan fingerprint density at radius 1 is 1.26 bits per heavy atom. The second-order valence-electron chi connectivity index (χ2n) is 5.60. The number of ether oxygens (including phenoxy) is 2. The van der Waals surface area contributed by atoms with Crippen molar-refractivity contribution in [3.8, 4) is 5.88 Å². The number of methoxy groups -OCH3 is 1. The number of aromatic nitrogens is 2. The first-order valence-electron chi connectivity index (χ1n) is 8.64. The first kappa shape index (κ1) is 23.6. The van der Waals surface area contributed by atoms with Gasteiger partial charge in [0.2, 0.25) is 5.88 Å². The third-order valence-electron chi connectivity index (χ3n) is 3.54. The van der Waals surface area contributed by atoms with Gasteiger partial charge in [-0.05, 0) is 26.8 Å². The van der Waals surface area contributed by atoms with Crippen LogP contribution in [-0.4, -0.2) is 42.8 Å². The molecule has 0 radical (unpaired) electrons. The van der Waals surface area contributed by atoms with Gasteiger partial charge in [0.05, 0.1) is 30.4 Å². The second-order valence-corrected chi connectivity index (χ2v) is 6.89. The number of hydrogen-bond acceptors (Lipinski definition) is 6. The number of nitrogens with zero attached hydrogens (tertiary/aromatic N) is 3. The lowest BCUT2D eigenvalue weighted by Crippen LogP contribution is -2.36. The minimum Gasteiger partial charge on any atom is -0.475 e. The molecular formula is C18H28IN5O2S. The van der Waals surface area contributed by atoms with E-state index in [1.54, 1.807) is 24.6 Å². The largest absolute Gasteiger partial charge is 0.475 e. The minimum absolute atomic E-state index is 0. The van der Waals surface area contributed by atoms with Gasteiger partial charge in [0, 0.05) is 30.3 Å². The Bertz CT molecular complexity index is 724. The molecule has 0 saturated heterocycles. The maximum absolute atomic E-state index is 5.66. The first-order chi connectivity index (χ1) is 12.6. The Morgan fingerprint density at radius 2 is 2.07 bits per heavy atom. The molecule has 0 unspecified atom stereocenters. The predicted octanol–water partition coefficient (Wildman–Crippen LogP) is 3.05. The van der Waals surface area contributed by atoms with Crippen molar-refractivity contribution in [3.05, 3.63) is 39.5 Å². The van der Waals surface area contributed by atoms with E-state index < -0.39 is 0 Å². The average Bonchev–Trinajstić information content (AvgIpc) is 2.96. The molecule has 2 aromatic rings. The van der Waals surface area contributed by atoms with Gasteiger partial charge in [-0.15, -0.1) is 35.3 Å². The molecule has 0 aromatic carbocycles. The highest BCUT2D eigenvalue weighted by Gasteiger charge is 2.07. The van der Waals surface area contributed by atoms with E-state index in [1.165, 1.54) is 4.88 Å². The highest BCUT2D eigenvalue weighted by atomic mass is 127. The van der Waals surface area contributed by atoms with E-state index >= 15 is 0 Å². The number of hydrogen-bond donors (Lipinski definition) is 2. The van der Waals surface area contributed by atoms with Crippen molar-refractivity contribution in [1.82, 2.24) is 20.6 Å². The zero-order chi connectivity index (χ0) is 18.8. The summed E-state index contributed by atoms with van der Waals surface area (Å²) in [5.41, 5.74) is 2.00. The van der Waals surface area contributed by atoms with Gasteiger partial charge < -0.3 is 20.1 Å². The number of thiazole rings is 1. The Kier molecular flexibility index (Phi) is 11.2. The van der Waals surface area contributed by atoms with E-state index in [4.69, 9.17) is 9.47 Å². The number of guanidine groups is 1. The summed E-state index contributed by atoms with van der Waals surface area (Å²) in [6, 6.07) is 3.86. The van der Waals surface area contributed by atoms with Crippen LogP contribution in [0.5, 0.6) is 5.88 Å². The lowest BCUT2D eigenvalue weighted by Gasteiger charge is -2.12. The van der Waals surface area contributed by atoms with Crippen LogP contribution in [0.15, 0.2) is 23.3 Å². The molecule has 7 nitrogen and oxygen atoms in total. The maximum Gasteiger partial charge on any atom is 0.218 e. The monoisotopic (exact) mass is 505 g/mol. The normalized spacial score (nSPS) is 11.0. The van der Waals surface area contributed by atoms with Gasteiger partial charge in [-0.25, -0.2) is 15.0 Å². The van der Waals surface area contributed by atoms with Crippen molar-refractivity contribution in [2.24, 2.45) is 4.99 Å². The van der Waals surface area contributed by atoms with Gasteiger partial charge >= 0.3 is 0 Å². The Balaban J connectivity index is 0.00000364. The average molecular weight is 505 g/mol. The van der Waals surface area contributed by atoms with Crippen LogP contribution in [0.2, 0.25) is 0 Å². The molecule has 27 heavy (non-hydrogen) atoms. The molecule has 0 fully saturated rings. The Labute approximate surface area is 182 Å². The van der Waals surface area contributed by atoms with E-state index in [0.717, 1.165) is 28.8 Å². The van der Waals surface area contributed by atoms with Crippen LogP contribution in [-0.2, 0) is 17.8 Å². The maximum atomic E-state index is 5.66. The quantitative estimate of drug-likeness (QED) is 0.236. The number of pyridine rings is 1. The van der Waals surface area contributed by atoms with Gasteiger partial charge in [0.25, 0.3) is 0 Å². The van der Waals surface area contributed by atoms with Crippen LogP contribution < -0.4 is 15.4 Å². The van der Waals surface area contributed by atoms with Gasteiger partial charge in [-0.3, -0.25) is 0 Å². The summed E-state index contributed by atoms with van der Waals surface area (Å²) in [5, 5.41) is 7.70. The Hall–Kier alpha value is -1.46. The van der Waals surface area contributed by atoms with Crippen molar-refractivity contribution < 1.29 is 9.47 Å². The molecule has 2 N–H and O–H groups in total. The smallest absolute Gasteiger partial charge is 0.218 e. The number of aliphatic imine (C=N–C) groups is 1. The molecule has 0 aliphatic carbocycles. The molecule has 150 valence electrons. The van der Waals surface area contributed by atoms with Crippen molar-refractivity contribution in [3.63, 3.8) is 0 Å². The highest BCUT2D eigenvalue weighted by molar-refractivity contribution is 14.0. The highest BCUT2D eigenvalue weighted by Crippen LogP contribution is 2.17. The summed E-state index contributed by atoms with van der Waals surface area (Å²) in [5.74, 6) is 1.35. The number of halogens is 1. The standard InChI is InChI=1S/C18H27N5O2S.HI/c1-5-19-18(22-12-16-13(2)23-14(3)26-16)21-11-15-7-6-8-20-17(15)25-10-9-24-4;/h6-8H,5,9-12H2,1-4H3,(H2,19,21,22);1H. The SMILES string of the molecule is CCNC(=NCc1cccnc1OCCOC)NCc1sc(C)nc1C.I. The molecule has 9 heteroatoms. The van der Waals surface area contributed by atoms with E-state index in [9.17, 15) is 0 Å². The summed E-state index contributed by atoms with van der Waals surface area (Å²) in [6.07, 6.45) is 1.72. The van der Waals surface area contributed by atoms with Gasteiger partial charge in [0.15, 0.2) is 5.96 Å². The number of nitrogens with one attached hydrogen (secondary N) is 2. The number of aryl methyl sites for hydroxylation is 2. The molecule has 0 aliphatic rings. The molecule has 0 aliphatic heterocycles. The molecular weight excluding hydrogens is 477 g/mol. The van der Waals surface area contributed by atoms with Crippen molar-refractivity contribution in [2.75, 3.05) is 26.9 Å². The first-order valence-corrected chi connectivity index (χ1v) is 9.46. The van der Waals surface area contributed by atoms with Crippen LogP contribution in [0.1, 0.15) is 28.1 Å². The summed E-state index contributed by atoms with van der Waals surface area (Å²) in [4.78, 5) is 14.6. The molecule has 0 bridgehead atoms. The second kappa shape index (κ2) is 12.8. The third kappa shape index (κ3) is 7.97. The predicted molar refractivity (Wildman–Crippen MR) is 120 cm³/mol. The van der Waals surface area contributed by atoms with Crippen molar-refractivity contribution in [1.29, 1.82) is 0 Å². The molecule has 2 rings (SSSR count). The van der Waals surface area contributed by atoms with E-state index in [1.807, 2.05) is 32.9 Å². The fraction of sp³-hybridized carbons (Fsp3) is 0.500. The molecule has 0 saturated carbocycles. The molecule has 0 atom stereocenters. The summed E-state index contributed by atoms with van der Waals surface area (Å²) >= 11 is 1.70. The van der Waals surface area contributed by atoms with Crippen LogP contribution in [0.4, 0.5) is 0 Å². The van der Waals surface area contributed by atoms with Gasteiger partial charge in [0.1, 0.15) is 6.61 Å². The van der Waals surface area contributed by atoms with E-state index in [-0.39, 0.29) is 24.0 Å². The molecule has 2 aromatic heterocycles. The molecule has 0 spiro atoms. The van der Waals surface area contributed by atoms with Crippen LogP contribution >= 0.6 is 35.3 Å². The lowest BCUT2D eigenvalue weighted by molar-refractivity contribution is 0.143. The molecule has 0 amide bonds. The van der Waals surface area contributed by atoms with E-state index in [2.05, 4.69) is 25.6 Å². The summed E-state index contributed by atoms with van der Waals surface area (Å²) in [6.45, 7) is 9.06. The summed E-state index contributed by atoms with van der Waals surface area (Å²) < 4.78 is 10.7. The third-order valence-corrected chi connectivity index (χ3v) is 4.62. The fourth-order valence-corrected chi connectivity index (χ4v) is 3.18. The van der Waals surface area contributed by atoms with Crippen molar-refractivity contribution >= 4 is 41.3 Å². The minimum atomic E-state index is 0. The van der Waals surface area contributed by atoms with Crippen LogP contribution in [0.3, 0.4) is 0 Å². The zero-order valence-electron chi connectivity index (χ0n) is 16.2. The summed E-state index contributed by atoms with van der Waals surface area (Å²) in [7, 11) is 1.65. The Morgan fingerprint density at radius 3 is 2.74 bits per heavy atom.